The maximum Gasteiger partial charge on any atom is 0.433 e. The molecule has 9 nitrogen and oxygen atoms in total. The summed E-state index contributed by atoms with van der Waals surface area (Å²) in [5.41, 5.74) is 1.14. The van der Waals surface area contributed by atoms with Gasteiger partial charge in [0.1, 0.15) is 5.69 Å². The second kappa shape index (κ2) is 9.92. The average molecular weight is 536 g/mol. The predicted octanol–water partition coefficient (Wildman–Crippen LogP) is 2.63. The van der Waals surface area contributed by atoms with Crippen molar-refractivity contribution in [3.63, 3.8) is 0 Å². The van der Waals surface area contributed by atoms with E-state index in [0.717, 1.165) is 23.4 Å². The zero-order valence-corrected chi connectivity index (χ0v) is 21.4. The summed E-state index contributed by atoms with van der Waals surface area (Å²) in [6.07, 6.45) is -3.48. The number of likely N-dealkylation sites (N-methyl/N-ethyl adjacent to an activating group) is 3. The third-order valence-corrected chi connectivity index (χ3v) is 6.19. The van der Waals surface area contributed by atoms with Gasteiger partial charge in [0.2, 0.25) is 11.7 Å². The molecule has 0 N–H and O–H groups in total. The van der Waals surface area contributed by atoms with Crippen LogP contribution in [0, 0.1) is 0 Å². The van der Waals surface area contributed by atoms with Crippen LogP contribution in [0.4, 0.5) is 13.2 Å². The number of hydrogen-bond acceptors (Lipinski definition) is 6. The van der Waals surface area contributed by atoms with Crippen LogP contribution in [0.25, 0.3) is 11.3 Å². The Hall–Kier alpha value is -3.80. The van der Waals surface area contributed by atoms with Gasteiger partial charge < -0.3 is 14.8 Å². The first-order valence-corrected chi connectivity index (χ1v) is 11.6. The Morgan fingerprint density at radius 3 is 2.35 bits per heavy atom. The van der Waals surface area contributed by atoms with Crippen molar-refractivity contribution in [2.24, 2.45) is 0 Å². The van der Waals surface area contributed by atoms with Crippen molar-refractivity contribution in [2.45, 2.75) is 12.7 Å². The maximum absolute atomic E-state index is 13.3. The molecule has 4 rings (SSSR count). The molecule has 0 bridgehead atoms. The van der Waals surface area contributed by atoms with Gasteiger partial charge in [-0.05, 0) is 29.3 Å². The van der Waals surface area contributed by atoms with E-state index in [9.17, 15) is 22.8 Å². The number of hydrogen-bond donors (Lipinski definition) is 0. The largest absolute Gasteiger partial charge is 0.433 e. The number of fused-ring (bicyclic) bond motifs is 1. The molecule has 13 heteroatoms. The molecule has 0 spiro atoms. The first-order chi connectivity index (χ1) is 17.4. The monoisotopic (exact) mass is 535 g/mol. The van der Waals surface area contributed by atoms with Crippen molar-refractivity contribution < 1.29 is 18.0 Å². The standard InChI is InChI=1S/C24H25ClF3N7O2/c1-31(2)20(36)14-32(3)21-18(16-6-8-17(25)9-7-16)13-33(4)35-22(21)30-34(23(35)37)12-15-5-10-19(29-11-15)24(26,27)28/h5-11H,12-14H2,1-4H3. The number of benzene rings is 1. The van der Waals surface area contributed by atoms with Crippen molar-refractivity contribution >= 4 is 28.8 Å². The molecule has 1 aliphatic rings. The van der Waals surface area contributed by atoms with E-state index in [1.807, 2.05) is 12.1 Å². The molecule has 0 saturated carbocycles. The Morgan fingerprint density at radius 2 is 1.78 bits per heavy atom. The molecule has 0 aliphatic carbocycles. The molecule has 196 valence electrons. The highest BCUT2D eigenvalue weighted by molar-refractivity contribution is 6.30. The van der Waals surface area contributed by atoms with Gasteiger partial charge in [0.25, 0.3) is 0 Å². The van der Waals surface area contributed by atoms with E-state index in [2.05, 4.69) is 10.1 Å². The Kier molecular flexibility index (Phi) is 7.05. The quantitative estimate of drug-likeness (QED) is 0.483. The number of carbonyl (C=O) groups is 1. The highest BCUT2D eigenvalue weighted by Gasteiger charge is 2.33. The SMILES string of the molecule is CN(C)C(=O)CN(C)C1=C(c2ccc(Cl)cc2)CN(C)n2c1nn(Cc1ccc(C(F)(F)F)nc1)c2=O. The summed E-state index contributed by atoms with van der Waals surface area (Å²) in [4.78, 5) is 32.5. The molecule has 0 saturated heterocycles. The fourth-order valence-corrected chi connectivity index (χ4v) is 4.16. The minimum Gasteiger partial charge on any atom is -0.362 e. The lowest BCUT2D eigenvalue weighted by Crippen LogP contribution is -2.46. The van der Waals surface area contributed by atoms with Crippen molar-refractivity contribution in [2.75, 3.05) is 46.3 Å². The summed E-state index contributed by atoms with van der Waals surface area (Å²) in [6, 6.07) is 9.35. The van der Waals surface area contributed by atoms with Crippen LogP contribution in [0.5, 0.6) is 0 Å². The van der Waals surface area contributed by atoms with E-state index >= 15 is 0 Å². The fourth-order valence-electron chi connectivity index (χ4n) is 4.03. The molecule has 0 unspecified atom stereocenters. The lowest BCUT2D eigenvalue weighted by Gasteiger charge is -2.34. The fraction of sp³-hybridized carbons (Fsp3) is 0.333. The molecule has 3 aromatic rings. The minimum atomic E-state index is -4.56. The van der Waals surface area contributed by atoms with Gasteiger partial charge in [-0.25, -0.2) is 9.48 Å². The number of halogens is 4. The van der Waals surface area contributed by atoms with Crippen LogP contribution in [0.15, 0.2) is 47.4 Å². The van der Waals surface area contributed by atoms with Crippen LogP contribution in [-0.2, 0) is 17.5 Å². The molecule has 1 amide bonds. The minimum absolute atomic E-state index is 0.0347. The van der Waals surface area contributed by atoms with E-state index in [4.69, 9.17) is 11.6 Å². The number of alkyl halides is 3. The van der Waals surface area contributed by atoms with Gasteiger partial charge in [0.05, 0.1) is 25.3 Å². The predicted molar refractivity (Wildman–Crippen MR) is 133 cm³/mol. The molecule has 0 radical (unpaired) electrons. The molecule has 3 heterocycles. The van der Waals surface area contributed by atoms with Gasteiger partial charge >= 0.3 is 11.9 Å². The number of pyridine rings is 1. The van der Waals surface area contributed by atoms with Crippen molar-refractivity contribution in [1.29, 1.82) is 0 Å². The normalized spacial score (nSPS) is 13.6. The van der Waals surface area contributed by atoms with Crippen LogP contribution in [-0.4, -0.2) is 76.4 Å². The molecule has 0 fully saturated rings. The number of rotatable bonds is 6. The van der Waals surface area contributed by atoms with E-state index < -0.39 is 17.6 Å². The van der Waals surface area contributed by atoms with Crippen molar-refractivity contribution in [1.82, 2.24) is 29.2 Å². The first kappa shape index (κ1) is 26.3. The molecule has 2 aromatic heterocycles. The number of carbonyl (C=O) groups excluding carboxylic acids is 1. The van der Waals surface area contributed by atoms with Gasteiger partial charge in [0.15, 0.2) is 0 Å². The number of aromatic nitrogens is 4. The van der Waals surface area contributed by atoms with E-state index in [-0.39, 0.29) is 19.0 Å². The third-order valence-electron chi connectivity index (χ3n) is 5.94. The van der Waals surface area contributed by atoms with Crippen molar-refractivity contribution in [3.05, 3.63) is 80.7 Å². The summed E-state index contributed by atoms with van der Waals surface area (Å²) in [5, 5.41) is 6.80. The van der Waals surface area contributed by atoms with Gasteiger partial charge in [-0.3, -0.25) is 9.78 Å². The molecule has 1 aromatic carbocycles. The van der Waals surface area contributed by atoms with Gasteiger partial charge in [-0.1, -0.05) is 29.8 Å². The Labute approximate surface area is 215 Å². The summed E-state index contributed by atoms with van der Waals surface area (Å²) in [5.74, 6) is 0.158. The average Bonchev–Trinajstić information content (AvgIpc) is 3.15. The molecule has 1 aliphatic heterocycles. The van der Waals surface area contributed by atoms with E-state index in [1.54, 1.807) is 50.2 Å². The summed E-state index contributed by atoms with van der Waals surface area (Å²) in [7, 11) is 6.78. The maximum atomic E-state index is 13.3. The summed E-state index contributed by atoms with van der Waals surface area (Å²) in [6.45, 7) is 0.284. The van der Waals surface area contributed by atoms with E-state index in [0.29, 0.717) is 28.7 Å². The van der Waals surface area contributed by atoms with Gasteiger partial charge in [0, 0.05) is 45.0 Å². The van der Waals surface area contributed by atoms with Crippen LogP contribution in [0.3, 0.4) is 0 Å². The number of nitrogens with zero attached hydrogens (tertiary/aromatic N) is 7. The van der Waals surface area contributed by atoms with Crippen molar-refractivity contribution in [3.8, 4) is 0 Å². The lowest BCUT2D eigenvalue weighted by atomic mass is 10.0. The van der Waals surface area contributed by atoms with Gasteiger partial charge in [-0.15, -0.1) is 5.10 Å². The second-order valence-corrected chi connectivity index (χ2v) is 9.36. The second-order valence-electron chi connectivity index (χ2n) is 8.92. The molecule has 0 atom stereocenters. The molecular formula is C24H25ClF3N7O2. The van der Waals surface area contributed by atoms with Crippen LogP contribution in [0.2, 0.25) is 5.02 Å². The lowest BCUT2D eigenvalue weighted by molar-refractivity contribution is -0.141. The van der Waals surface area contributed by atoms with Crippen LogP contribution in [0.1, 0.15) is 22.6 Å². The number of amides is 1. The Balaban J connectivity index is 1.80. The first-order valence-electron chi connectivity index (χ1n) is 11.2. The highest BCUT2D eigenvalue weighted by Crippen LogP contribution is 2.32. The Bertz CT molecular complexity index is 1390. The van der Waals surface area contributed by atoms with Crippen LogP contribution >= 0.6 is 11.6 Å². The third kappa shape index (κ3) is 5.33. The Morgan fingerprint density at radius 1 is 1.11 bits per heavy atom. The topological polar surface area (TPSA) is 79.5 Å². The van der Waals surface area contributed by atoms with Crippen LogP contribution < -0.4 is 10.7 Å². The molecule has 37 heavy (non-hydrogen) atoms. The highest BCUT2D eigenvalue weighted by atomic mass is 35.5. The zero-order chi connectivity index (χ0) is 27.1. The smallest absolute Gasteiger partial charge is 0.362 e. The molecular weight excluding hydrogens is 511 g/mol. The summed E-state index contributed by atoms with van der Waals surface area (Å²) >= 11 is 6.08. The van der Waals surface area contributed by atoms with E-state index in [1.165, 1.54) is 20.3 Å². The van der Waals surface area contributed by atoms with Gasteiger partial charge in [-0.2, -0.15) is 17.8 Å². The zero-order valence-electron chi connectivity index (χ0n) is 20.6. The summed E-state index contributed by atoms with van der Waals surface area (Å²) < 4.78 is 41.2.